The van der Waals surface area contributed by atoms with Gasteiger partial charge >= 0.3 is 5.97 Å². The Morgan fingerprint density at radius 3 is 1.32 bits per heavy atom. The minimum Gasteiger partial charge on any atom is -0.318 e. The fourth-order valence-corrected chi connectivity index (χ4v) is 9.05. The molecule has 14 nitrogen and oxygen atoms in total. The highest BCUT2D eigenvalue weighted by atomic mass is 35.5. The van der Waals surface area contributed by atoms with Gasteiger partial charge in [0.25, 0.3) is 11.8 Å². The molecule has 0 aliphatic carbocycles. The summed E-state index contributed by atoms with van der Waals surface area (Å²) < 4.78 is 3.34. The van der Waals surface area contributed by atoms with Crippen LogP contribution in [0.25, 0.3) is 33.9 Å². The molecular weight excluding hydrogens is 948 g/mol. The van der Waals surface area contributed by atoms with E-state index in [1.54, 1.807) is 64.8 Å². The molecule has 0 spiro atoms. The molecule has 2 aliphatic heterocycles. The number of carbonyl (C=O) groups is 4. The number of nitrogens with zero attached hydrogens (tertiary/aromatic N) is 7. The van der Waals surface area contributed by atoms with Gasteiger partial charge in [0.2, 0.25) is 0 Å². The van der Waals surface area contributed by atoms with Gasteiger partial charge in [-0.05, 0) is 95.3 Å². The maximum atomic E-state index is 13.2. The van der Waals surface area contributed by atoms with Crippen LogP contribution in [0.5, 0.6) is 0 Å². The number of hydrogen-bond donors (Lipinski definition) is 2. The van der Waals surface area contributed by atoms with E-state index >= 15 is 0 Å². The minimum absolute atomic E-state index is 0.0101. The van der Waals surface area contributed by atoms with Gasteiger partial charge in [0.05, 0.1) is 38.5 Å². The molecule has 0 bridgehead atoms. The van der Waals surface area contributed by atoms with E-state index in [1.165, 1.54) is 26.7 Å². The average Bonchev–Trinajstić information content (AvgIpc) is 3.85. The number of oxime groups is 1. The summed E-state index contributed by atoms with van der Waals surface area (Å²) >= 11 is 25.2. The average molecular weight is 1000 g/mol. The fourth-order valence-electron chi connectivity index (χ4n) is 8.08. The van der Waals surface area contributed by atoms with E-state index < -0.39 is 5.97 Å². The minimum atomic E-state index is -0.485. The lowest BCUT2D eigenvalue weighted by Crippen LogP contribution is -2.45. The van der Waals surface area contributed by atoms with Crippen LogP contribution in [-0.4, -0.2) is 85.0 Å². The van der Waals surface area contributed by atoms with Crippen molar-refractivity contribution >= 4 is 75.7 Å². The molecule has 2 fully saturated rings. The van der Waals surface area contributed by atoms with E-state index in [0.29, 0.717) is 59.7 Å². The third-order valence-electron chi connectivity index (χ3n) is 11.6. The molecule has 2 saturated heterocycles. The van der Waals surface area contributed by atoms with Gasteiger partial charge in [-0.1, -0.05) is 113 Å². The summed E-state index contributed by atoms with van der Waals surface area (Å²) in [5.41, 5.74) is 14.4. The lowest BCUT2D eigenvalue weighted by molar-refractivity contribution is -0.140. The van der Waals surface area contributed by atoms with E-state index in [1.807, 2.05) is 60.3 Å². The molecule has 4 heterocycles. The number of hydrazine groups is 2. The van der Waals surface area contributed by atoms with Crippen molar-refractivity contribution in [3.05, 3.63) is 139 Å². The van der Waals surface area contributed by atoms with Crippen LogP contribution in [-0.2, 0) is 9.63 Å². The first-order valence-corrected chi connectivity index (χ1v) is 23.8. The van der Waals surface area contributed by atoms with E-state index in [2.05, 4.69) is 26.2 Å². The molecule has 354 valence electrons. The van der Waals surface area contributed by atoms with E-state index in [4.69, 9.17) is 51.2 Å². The van der Waals surface area contributed by atoms with Gasteiger partial charge in [-0.15, -0.1) is 0 Å². The quantitative estimate of drug-likeness (QED) is 0.0558. The van der Waals surface area contributed by atoms with Gasteiger partial charge in [-0.25, -0.2) is 24.2 Å². The number of benzene rings is 4. The number of nitrogens with one attached hydrogen (secondary N) is 2. The first kappa shape index (κ1) is 50.0. The summed E-state index contributed by atoms with van der Waals surface area (Å²) in [5, 5.41) is 18.9. The molecule has 0 atom stereocenters. The fraction of sp³-hybridized carbons (Fsp3) is 0.300. The number of rotatable bonds is 11. The van der Waals surface area contributed by atoms with E-state index in [-0.39, 0.29) is 17.6 Å². The second kappa shape index (κ2) is 22.5. The summed E-state index contributed by atoms with van der Waals surface area (Å²) in [6.07, 6.45) is 6.55. The monoisotopic (exact) mass is 997 g/mol. The predicted octanol–water partition coefficient (Wildman–Crippen LogP) is 11.1. The molecule has 0 unspecified atom stereocenters. The van der Waals surface area contributed by atoms with Crippen LogP contribution >= 0.6 is 46.4 Å². The number of halogens is 4. The molecule has 4 aromatic carbocycles. The predicted molar refractivity (Wildman–Crippen MR) is 267 cm³/mol. The van der Waals surface area contributed by atoms with Crippen LogP contribution in [0.4, 0.5) is 0 Å². The SMILES string of the molecule is CC(=O)O/N=C(\C)c1ccc(-c2c(C)c(C(=O)NN3CCCCC3)nn2-c2ccc(Cl)cc2Cl)cc1.CC(=O)c1ccc(-c2c(C)c(C(=O)NN3CCCCC3)nn2-c2ccc(Cl)cc2Cl)cc1. The zero-order chi connectivity index (χ0) is 48.6. The Balaban J connectivity index is 0.000000203. The van der Waals surface area contributed by atoms with Crippen molar-refractivity contribution in [2.45, 2.75) is 73.1 Å². The van der Waals surface area contributed by atoms with Crippen LogP contribution in [0, 0.1) is 13.8 Å². The van der Waals surface area contributed by atoms with Crippen LogP contribution in [0.2, 0.25) is 20.1 Å². The van der Waals surface area contributed by atoms with Crippen LogP contribution in [0.1, 0.15) is 107 Å². The molecule has 2 aromatic heterocycles. The first-order chi connectivity index (χ1) is 32.6. The standard InChI is InChI=1S/C26H27Cl2N5O3.C24H24Cl2N4O2/c1-16-24(26(35)30-32-13-5-4-6-14-32)29-33(23-12-11-21(27)15-22(23)28)25(16)20-9-7-19(8-10-20)17(2)31-36-18(3)34;1-15-22(24(32)28-29-12-4-3-5-13-29)27-30(21-11-10-19(25)14-20(21)26)23(15)18-8-6-17(7-9-18)16(2)31/h7-12,15H,4-6,13-14H2,1-3H3,(H,30,35);6-11,14H,3-5,12-13H2,1-2H3,(H,28,32)/b31-17+;. The molecular formula is C50H51Cl4N9O5. The number of carbonyl (C=O) groups excluding carboxylic acids is 4. The van der Waals surface area contributed by atoms with Crippen molar-refractivity contribution in [3.8, 4) is 33.9 Å². The van der Waals surface area contributed by atoms with Gasteiger partial charge in [-0.2, -0.15) is 10.2 Å². The van der Waals surface area contributed by atoms with Crippen molar-refractivity contribution in [2.24, 2.45) is 5.16 Å². The molecule has 2 N–H and O–H groups in total. The van der Waals surface area contributed by atoms with Gasteiger partial charge in [0.1, 0.15) is 0 Å². The Labute approximate surface area is 415 Å². The lowest BCUT2D eigenvalue weighted by atomic mass is 10.0. The van der Waals surface area contributed by atoms with E-state index in [9.17, 15) is 19.2 Å². The highest BCUT2D eigenvalue weighted by Gasteiger charge is 2.27. The number of hydrogen-bond acceptors (Lipinski definition) is 10. The number of ketones is 1. The summed E-state index contributed by atoms with van der Waals surface area (Å²) in [4.78, 5) is 53.9. The largest absolute Gasteiger partial charge is 0.331 e. The highest BCUT2D eigenvalue weighted by Crippen LogP contribution is 2.35. The van der Waals surface area contributed by atoms with Gasteiger partial charge in [-0.3, -0.25) is 25.2 Å². The molecule has 8 rings (SSSR count). The van der Waals surface area contributed by atoms with Crippen molar-refractivity contribution in [1.29, 1.82) is 0 Å². The summed E-state index contributed by atoms with van der Waals surface area (Å²) in [6.45, 7) is 11.6. The van der Waals surface area contributed by atoms with Gasteiger partial charge < -0.3 is 4.84 Å². The second-order valence-electron chi connectivity index (χ2n) is 16.6. The normalized spacial score (nSPS) is 14.5. The van der Waals surface area contributed by atoms with Crippen LogP contribution in [0.15, 0.2) is 90.1 Å². The molecule has 0 radical (unpaired) electrons. The summed E-state index contributed by atoms with van der Waals surface area (Å²) in [7, 11) is 0. The van der Waals surface area contributed by atoms with Crippen molar-refractivity contribution in [3.63, 3.8) is 0 Å². The summed E-state index contributed by atoms with van der Waals surface area (Å²) in [5.74, 6) is -1.01. The van der Waals surface area contributed by atoms with Crippen LogP contribution in [0.3, 0.4) is 0 Å². The van der Waals surface area contributed by atoms with Crippen molar-refractivity contribution in [2.75, 3.05) is 26.2 Å². The molecule has 6 aromatic rings. The van der Waals surface area contributed by atoms with E-state index in [0.717, 1.165) is 85.5 Å². The third-order valence-corrected chi connectivity index (χ3v) is 12.7. The zero-order valence-electron chi connectivity index (χ0n) is 38.3. The second-order valence-corrected chi connectivity index (χ2v) is 18.3. The zero-order valence-corrected chi connectivity index (χ0v) is 41.4. The van der Waals surface area contributed by atoms with Crippen molar-refractivity contribution in [1.82, 2.24) is 40.4 Å². The smallest absolute Gasteiger partial charge is 0.318 e. The maximum absolute atomic E-state index is 13.2. The topological polar surface area (TPSA) is 156 Å². The maximum Gasteiger partial charge on any atom is 0.331 e. The number of amides is 2. The third kappa shape index (κ3) is 11.9. The number of aromatic nitrogens is 4. The highest BCUT2D eigenvalue weighted by molar-refractivity contribution is 6.36. The molecule has 68 heavy (non-hydrogen) atoms. The molecule has 0 saturated carbocycles. The van der Waals surface area contributed by atoms with Crippen molar-refractivity contribution < 1.29 is 24.0 Å². The number of piperidine rings is 2. The summed E-state index contributed by atoms with van der Waals surface area (Å²) in [6, 6.07) is 25.1. The number of Topliss-reactive ketones (excluding diaryl/α,β-unsaturated/α-hetero) is 1. The Kier molecular flexibility index (Phi) is 16.5. The molecule has 18 heteroatoms. The first-order valence-electron chi connectivity index (χ1n) is 22.3. The van der Waals surface area contributed by atoms with Gasteiger partial charge in [0.15, 0.2) is 17.2 Å². The Bertz CT molecular complexity index is 2870. The Morgan fingerprint density at radius 1 is 0.559 bits per heavy atom. The lowest BCUT2D eigenvalue weighted by Gasteiger charge is -2.26. The van der Waals surface area contributed by atoms with Crippen LogP contribution < -0.4 is 10.9 Å². The van der Waals surface area contributed by atoms with Gasteiger partial charge in [0, 0.05) is 71.0 Å². The Hall–Kier alpha value is -5.87. The molecule has 2 aliphatic rings. The molecule has 2 amide bonds. The Morgan fingerprint density at radius 2 is 0.956 bits per heavy atom.